The smallest absolute Gasteiger partial charge is 0.238 e. The van der Waals surface area contributed by atoms with Crippen LogP contribution in [0.25, 0.3) is 0 Å². The van der Waals surface area contributed by atoms with E-state index in [0.717, 1.165) is 9.80 Å². The molecule has 1 unspecified atom stereocenters. The number of hydroxylamine groups is 3. The highest BCUT2D eigenvalue weighted by Crippen LogP contribution is 2.18. The van der Waals surface area contributed by atoms with Crippen LogP contribution in [0.2, 0.25) is 0 Å². The van der Waals surface area contributed by atoms with Crippen LogP contribution in [0.3, 0.4) is 0 Å². The van der Waals surface area contributed by atoms with E-state index in [2.05, 4.69) is 0 Å². The molecule has 1 aliphatic heterocycles. The second-order valence-electron chi connectivity index (χ2n) is 3.12. The third kappa shape index (κ3) is 0.892. The van der Waals surface area contributed by atoms with Crippen molar-refractivity contribution in [3.05, 3.63) is 5.21 Å². The summed E-state index contributed by atoms with van der Waals surface area (Å²) in [7, 11) is 0. The van der Waals surface area contributed by atoms with Gasteiger partial charge in [-0.05, 0) is 13.8 Å². The van der Waals surface area contributed by atoms with Gasteiger partial charge in [0.05, 0.1) is 0 Å². The molecular formula is C6H12N2O2. The standard InChI is InChI=1S/C6H12N2O2/c1-5-7(9)4-6(2,3)8(5)10/h4-5,10H,1-3H3. The molecule has 0 saturated heterocycles. The fraction of sp³-hybridized carbons (Fsp3) is 0.833. The van der Waals surface area contributed by atoms with Crippen molar-refractivity contribution in [2.75, 3.05) is 0 Å². The minimum Gasteiger partial charge on any atom is -0.623 e. The van der Waals surface area contributed by atoms with Crippen LogP contribution in [0.5, 0.6) is 0 Å². The van der Waals surface area contributed by atoms with E-state index < -0.39 is 11.7 Å². The first-order valence-corrected chi connectivity index (χ1v) is 3.25. The zero-order valence-electron chi connectivity index (χ0n) is 6.40. The number of rotatable bonds is 0. The molecule has 1 heterocycles. The SMILES string of the molecule is CC1N(O)C(C)(C)C=[N+]1[O-]. The summed E-state index contributed by atoms with van der Waals surface area (Å²) in [4.78, 5) is 0. The van der Waals surface area contributed by atoms with Gasteiger partial charge in [0.25, 0.3) is 0 Å². The molecule has 0 saturated carbocycles. The molecule has 4 heteroatoms. The Bertz CT molecular complexity index is 177. The summed E-state index contributed by atoms with van der Waals surface area (Å²) in [5.74, 6) is 0. The third-order valence-electron chi connectivity index (χ3n) is 1.76. The molecule has 1 atom stereocenters. The van der Waals surface area contributed by atoms with Crippen LogP contribution in [0.4, 0.5) is 0 Å². The molecule has 0 amide bonds. The quantitative estimate of drug-likeness (QED) is 0.395. The van der Waals surface area contributed by atoms with Gasteiger partial charge in [-0.1, -0.05) is 0 Å². The summed E-state index contributed by atoms with van der Waals surface area (Å²) < 4.78 is 0.750. The van der Waals surface area contributed by atoms with E-state index in [1.54, 1.807) is 20.8 Å². The molecule has 0 aromatic rings. The van der Waals surface area contributed by atoms with Crippen molar-refractivity contribution in [1.29, 1.82) is 0 Å². The molecule has 0 fully saturated rings. The summed E-state index contributed by atoms with van der Waals surface area (Å²) in [5, 5.41) is 21.2. The van der Waals surface area contributed by atoms with Crippen LogP contribution in [-0.2, 0) is 0 Å². The lowest BCUT2D eigenvalue weighted by molar-refractivity contribution is -0.529. The first-order chi connectivity index (χ1) is 4.45. The van der Waals surface area contributed by atoms with Gasteiger partial charge < -0.3 is 10.4 Å². The summed E-state index contributed by atoms with van der Waals surface area (Å²) in [6.07, 6.45) is 0.993. The summed E-state index contributed by atoms with van der Waals surface area (Å²) >= 11 is 0. The van der Waals surface area contributed by atoms with Gasteiger partial charge in [0.15, 0.2) is 6.21 Å². The molecule has 58 valence electrons. The zero-order valence-corrected chi connectivity index (χ0v) is 6.40. The van der Waals surface area contributed by atoms with E-state index in [1.165, 1.54) is 6.21 Å². The Balaban J connectivity index is 2.87. The van der Waals surface area contributed by atoms with E-state index in [4.69, 9.17) is 0 Å². The largest absolute Gasteiger partial charge is 0.623 e. The van der Waals surface area contributed by atoms with Gasteiger partial charge >= 0.3 is 0 Å². The lowest BCUT2D eigenvalue weighted by atomic mass is 10.1. The van der Waals surface area contributed by atoms with Crippen molar-refractivity contribution in [2.24, 2.45) is 0 Å². The second kappa shape index (κ2) is 1.93. The maximum Gasteiger partial charge on any atom is 0.238 e. The first kappa shape index (κ1) is 7.50. The van der Waals surface area contributed by atoms with E-state index in [-0.39, 0.29) is 0 Å². The predicted octanol–water partition coefficient (Wildman–Crippen LogP) is 0.397. The summed E-state index contributed by atoms with van der Waals surface area (Å²) in [6, 6.07) is 0. The van der Waals surface area contributed by atoms with Gasteiger partial charge in [-0.25, -0.2) is 0 Å². The molecule has 0 aromatic heterocycles. The molecule has 4 nitrogen and oxygen atoms in total. The average molecular weight is 144 g/mol. The highest BCUT2D eigenvalue weighted by molar-refractivity contribution is 5.65. The molecule has 0 bridgehead atoms. The van der Waals surface area contributed by atoms with Crippen LogP contribution in [-0.4, -0.2) is 32.9 Å². The van der Waals surface area contributed by atoms with Crippen molar-refractivity contribution < 1.29 is 9.95 Å². The van der Waals surface area contributed by atoms with Crippen LogP contribution in [0, 0.1) is 5.21 Å². The Morgan fingerprint density at radius 2 is 2.20 bits per heavy atom. The van der Waals surface area contributed by atoms with Gasteiger partial charge in [0, 0.05) is 6.92 Å². The van der Waals surface area contributed by atoms with Crippen LogP contribution >= 0.6 is 0 Å². The first-order valence-electron chi connectivity index (χ1n) is 3.25. The summed E-state index contributed by atoms with van der Waals surface area (Å²) in [6.45, 7) is 5.21. The molecule has 1 rings (SSSR count). The Morgan fingerprint density at radius 1 is 1.70 bits per heavy atom. The van der Waals surface area contributed by atoms with Crippen molar-refractivity contribution in [2.45, 2.75) is 32.5 Å². The van der Waals surface area contributed by atoms with E-state index in [1.807, 2.05) is 0 Å². The van der Waals surface area contributed by atoms with Crippen molar-refractivity contribution in [3.8, 4) is 0 Å². The molecule has 0 aliphatic carbocycles. The Kier molecular flexibility index (Phi) is 1.45. The Morgan fingerprint density at radius 3 is 2.30 bits per heavy atom. The monoisotopic (exact) mass is 144 g/mol. The fourth-order valence-electron chi connectivity index (χ4n) is 1.07. The highest BCUT2D eigenvalue weighted by Gasteiger charge is 2.41. The van der Waals surface area contributed by atoms with Crippen LogP contribution < -0.4 is 0 Å². The molecule has 10 heavy (non-hydrogen) atoms. The van der Waals surface area contributed by atoms with Crippen LogP contribution in [0.1, 0.15) is 20.8 Å². The van der Waals surface area contributed by atoms with E-state index in [9.17, 15) is 10.4 Å². The molecule has 0 radical (unpaired) electrons. The van der Waals surface area contributed by atoms with Crippen molar-refractivity contribution in [1.82, 2.24) is 5.06 Å². The maximum atomic E-state index is 10.9. The number of hydrogen-bond donors (Lipinski definition) is 1. The highest BCUT2D eigenvalue weighted by atomic mass is 16.5. The molecular weight excluding hydrogens is 132 g/mol. The van der Waals surface area contributed by atoms with Gasteiger partial charge in [-0.2, -0.15) is 4.74 Å². The Hall–Kier alpha value is -0.610. The topological polar surface area (TPSA) is 49.5 Å². The van der Waals surface area contributed by atoms with Gasteiger partial charge in [-0.3, -0.25) is 0 Å². The zero-order chi connectivity index (χ0) is 7.94. The molecule has 1 N–H and O–H groups in total. The van der Waals surface area contributed by atoms with Gasteiger partial charge in [-0.15, -0.1) is 5.06 Å². The van der Waals surface area contributed by atoms with Crippen molar-refractivity contribution in [3.63, 3.8) is 0 Å². The third-order valence-corrected chi connectivity index (χ3v) is 1.76. The number of nitrogens with zero attached hydrogens (tertiary/aromatic N) is 2. The van der Waals surface area contributed by atoms with Gasteiger partial charge in [0.2, 0.25) is 6.17 Å². The molecule has 0 spiro atoms. The molecule has 0 aromatic carbocycles. The van der Waals surface area contributed by atoms with Crippen LogP contribution in [0.15, 0.2) is 0 Å². The lowest BCUT2D eigenvalue weighted by Gasteiger charge is -2.21. The van der Waals surface area contributed by atoms with Crippen molar-refractivity contribution >= 4 is 6.21 Å². The summed E-state index contributed by atoms with van der Waals surface area (Å²) in [5.41, 5.74) is -0.527. The minimum absolute atomic E-state index is 0.463. The lowest BCUT2D eigenvalue weighted by Crippen LogP contribution is -2.42. The minimum atomic E-state index is -0.527. The average Bonchev–Trinajstić information content (AvgIpc) is 1.95. The van der Waals surface area contributed by atoms with E-state index >= 15 is 0 Å². The van der Waals surface area contributed by atoms with Gasteiger partial charge in [0.1, 0.15) is 5.54 Å². The predicted molar refractivity (Wildman–Crippen MR) is 36.9 cm³/mol. The maximum absolute atomic E-state index is 10.9. The second-order valence-corrected chi connectivity index (χ2v) is 3.12. The number of hydrogen-bond acceptors (Lipinski definition) is 3. The normalized spacial score (nSPS) is 32.4. The van der Waals surface area contributed by atoms with E-state index in [0.29, 0.717) is 0 Å². The molecule has 1 aliphatic rings. The Labute approximate surface area is 59.9 Å². The fourth-order valence-corrected chi connectivity index (χ4v) is 1.07.